The predicted octanol–water partition coefficient (Wildman–Crippen LogP) is 2.54. The van der Waals surface area contributed by atoms with Crippen LogP contribution in [0, 0.1) is 28.1 Å². The molecule has 12 heavy (non-hydrogen) atoms. The SMILES string of the molecule is CC(C)=C1CCC(C#N)(C#N)C1. The highest BCUT2D eigenvalue weighted by atomic mass is 14.4. The van der Waals surface area contributed by atoms with Crippen molar-refractivity contribution >= 4 is 0 Å². The molecule has 0 aromatic carbocycles. The van der Waals surface area contributed by atoms with Crippen LogP contribution < -0.4 is 0 Å². The third-order valence-corrected chi connectivity index (χ3v) is 2.50. The Hall–Kier alpha value is -1.28. The van der Waals surface area contributed by atoms with Gasteiger partial charge in [-0.25, -0.2) is 0 Å². The Labute approximate surface area is 73.1 Å². The van der Waals surface area contributed by atoms with Gasteiger partial charge >= 0.3 is 0 Å². The Balaban J connectivity index is 2.90. The lowest BCUT2D eigenvalue weighted by Crippen LogP contribution is -2.09. The Morgan fingerprint density at radius 2 is 1.92 bits per heavy atom. The second kappa shape index (κ2) is 2.99. The Kier molecular flexibility index (Phi) is 2.20. The zero-order valence-corrected chi connectivity index (χ0v) is 7.52. The number of rotatable bonds is 0. The van der Waals surface area contributed by atoms with E-state index >= 15 is 0 Å². The van der Waals surface area contributed by atoms with Crippen LogP contribution in [0.15, 0.2) is 11.1 Å². The zero-order valence-electron chi connectivity index (χ0n) is 7.52. The summed E-state index contributed by atoms with van der Waals surface area (Å²) in [5.41, 5.74) is 1.84. The summed E-state index contributed by atoms with van der Waals surface area (Å²) < 4.78 is 0. The molecule has 2 heteroatoms. The number of hydrogen-bond acceptors (Lipinski definition) is 2. The van der Waals surface area contributed by atoms with Gasteiger partial charge in [0, 0.05) is 6.42 Å². The maximum atomic E-state index is 8.82. The summed E-state index contributed by atoms with van der Waals surface area (Å²) in [5, 5.41) is 17.6. The largest absolute Gasteiger partial charge is 0.197 e. The predicted molar refractivity (Wildman–Crippen MR) is 45.9 cm³/mol. The highest BCUT2D eigenvalue weighted by molar-refractivity contribution is 5.28. The molecule has 0 aromatic rings. The third-order valence-electron chi connectivity index (χ3n) is 2.50. The molecule has 1 fully saturated rings. The molecule has 2 nitrogen and oxygen atoms in total. The van der Waals surface area contributed by atoms with Crippen molar-refractivity contribution in [3.8, 4) is 12.1 Å². The first kappa shape index (κ1) is 8.81. The van der Waals surface area contributed by atoms with E-state index in [-0.39, 0.29) is 0 Å². The average molecular weight is 160 g/mol. The van der Waals surface area contributed by atoms with Crippen LogP contribution in [0.4, 0.5) is 0 Å². The van der Waals surface area contributed by atoms with Gasteiger partial charge in [-0.05, 0) is 26.7 Å². The maximum Gasteiger partial charge on any atom is 0.147 e. The van der Waals surface area contributed by atoms with Crippen molar-refractivity contribution in [2.75, 3.05) is 0 Å². The summed E-state index contributed by atoms with van der Waals surface area (Å²) in [4.78, 5) is 0. The normalized spacial score (nSPS) is 19.8. The van der Waals surface area contributed by atoms with Crippen molar-refractivity contribution in [1.29, 1.82) is 10.5 Å². The lowest BCUT2D eigenvalue weighted by molar-refractivity contribution is 0.554. The molecule has 0 unspecified atom stereocenters. The fourth-order valence-electron chi connectivity index (χ4n) is 1.55. The molecule has 0 bridgehead atoms. The molecular formula is C10H12N2. The highest BCUT2D eigenvalue weighted by Crippen LogP contribution is 2.41. The van der Waals surface area contributed by atoms with Crippen molar-refractivity contribution < 1.29 is 0 Å². The summed E-state index contributed by atoms with van der Waals surface area (Å²) in [6.45, 7) is 4.08. The van der Waals surface area contributed by atoms with Crippen LogP contribution in [0.3, 0.4) is 0 Å². The molecule has 0 atom stereocenters. The van der Waals surface area contributed by atoms with Crippen LogP contribution >= 0.6 is 0 Å². The first-order chi connectivity index (χ1) is 5.63. The molecule has 0 N–H and O–H groups in total. The number of hydrogen-bond donors (Lipinski definition) is 0. The fraction of sp³-hybridized carbons (Fsp3) is 0.600. The monoisotopic (exact) mass is 160 g/mol. The van der Waals surface area contributed by atoms with Crippen molar-refractivity contribution in [2.45, 2.75) is 33.1 Å². The van der Waals surface area contributed by atoms with Gasteiger partial charge in [0.15, 0.2) is 0 Å². The number of nitrogens with zero attached hydrogens (tertiary/aromatic N) is 2. The zero-order chi connectivity index (χ0) is 9.19. The minimum atomic E-state index is -0.716. The molecule has 1 aliphatic rings. The van der Waals surface area contributed by atoms with Gasteiger partial charge in [0.2, 0.25) is 0 Å². The van der Waals surface area contributed by atoms with Crippen LogP contribution in [-0.2, 0) is 0 Å². The van der Waals surface area contributed by atoms with Crippen molar-refractivity contribution in [3.05, 3.63) is 11.1 Å². The second-order valence-electron chi connectivity index (χ2n) is 3.59. The number of allylic oxidation sites excluding steroid dienone is 2. The van der Waals surface area contributed by atoms with Crippen molar-refractivity contribution in [3.63, 3.8) is 0 Å². The van der Waals surface area contributed by atoms with Gasteiger partial charge in [0.25, 0.3) is 0 Å². The Morgan fingerprint density at radius 1 is 1.33 bits per heavy atom. The quantitative estimate of drug-likeness (QED) is 0.511. The van der Waals surface area contributed by atoms with E-state index in [1.807, 2.05) is 13.8 Å². The molecule has 0 heterocycles. The summed E-state index contributed by atoms with van der Waals surface area (Å²) in [7, 11) is 0. The van der Waals surface area contributed by atoms with Crippen LogP contribution in [0.25, 0.3) is 0 Å². The second-order valence-corrected chi connectivity index (χ2v) is 3.59. The highest BCUT2D eigenvalue weighted by Gasteiger charge is 2.36. The van der Waals surface area contributed by atoms with Gasteiger partial charge in [-0.1, -0.05) is 11.1 Å². The van der Waals surface area contributed by atoms with Gasteiger partial charge in [-0.15, -0.1) is 0 Å². The molecule has 1 aliphatic carbocycles. The van der Waals surface area contributed by atoms with Crippen LogP contribution in [0.5, 0.6) is 0 Å². The molecule has 0 radical (unpaired) electrons. The van der Waals surface area contributed by atoms with Gasteiger partial charge in [0.05, 0.1) is 12.1 Å². The van der Waals surface area contributed by atoms with E-state index in [0.717, 1.165) is 6.42 Å². The standard InChI is InChI=1S/C10H12N2/c1-8(2)9-3-4-10(5-9,6-11)7-12/h3-5H2,1-2H3. The molecule has 0 aromatic heterocycles. The molecule has 1 rings (SSSR count). The lowest BCUT2D eigenvalue weighted by Gasteiger charge is -2.07. The molecule has 0 saturated heterocycles. The topological polar surface area (TPSA) is 47.6 Å². The van der Waals surface area contributed by atoms with Gasteiger partial charge in [0.1, 0.15) is 5.41 Å². The van der Waals surface area contributed by atoms with Gasteiger partial charge in [-0.2, -0.15) is 10.5 Å². The molecule has 62 valence electrons. The molecule has 1 saturated carbocycles. The average Bonchev–Trinajstić information content (AvgIpc) is 2.49. The van der Waals surface area contributed by atoms with Crippen LogP contribution in [-0.4, -0.2) is 0 Å². The van der Waals surface area contributed by atoms with Gasteiger partial charge < -0.3 is 0 Å². The van der Waals surface area contributed by atoms with Crippen molar-refractivity contribution in [1.82, 2.24) is 0 Å². The summed E-state index contributed by atoms with van der Waals surface area (Å²) in [6.07, 6.45) is 2.28. The van der Waals surface area contributed by atoms with Crippen LogP contribution in [0.1, 0.15) is 33.1 Å². The van der Waals surface area contributed by atoms with E-state index in [2.05, 4.69) is 12.1 Å². The molecule has 0 spiro atoms. The summed E-state index contributed by atoms with van der Waals surface area (Å²) in [5.74, 6) is 0. The summed E-state index contributed by atoms with van der Waals surface area (Å²) >= 11 is 0. The van der Waals surface area contributed by atoms with E-state index in [1.165, 1.54) is 11.1 Å². The van der Waals surface area contributed by atoms with Crippen molar-refractivity contribution in [2.24, 2.45) is 5.41 Å². The minimum Gasteiger partial charge on any atom is -0.197 e. The third kappa shape index (κ3) is 1.34. The smallest absolute Gasteiger partial charge is 0.147 e. The minimum absolute atomic E-state index is 0.655. The summed E-state index contributed by atoms with van der Waals surface area (Å²) in [6, 6.07) is 4.23. The van der Waals surface area contributed by atoms with E-state index in [9.17, 15) is 0 Å². The van der Waals surface area contributed by atoms with Gasteiger partial charge in [-0.3, -0.25) is 0 Å². The van der Waals surface area contributed by atoms with E-state index in [4.69, 9.17) is 10.5 Å². The Bertz CT molecular complexity index is 281. The number of nitriles is 2. The molecular weight excluding hydrogens is 148 g/mol. The molecule has 0 amide bonds. The lowest BCUT2D eigenvalue weighted by atomic mass is 9.89. The Morgan fingerprint density at radius 3 is 2.17 bits per heavy atom. The first-order valence-corrected chi connectivity index (χ1v) is 4.11. The fourth-order valence-corrected chi connectivity index (χ4v) is 1.55. The van der Waals surface area contributed by atoms with E-state index in [1.54, 1.807) is 0 Å². The first-order valence-electron chi connectivity index (χ1n) is 4.11. The maximum absolute atomic E-state index is 8.82. The molecule has 0 aliphatic heterocycles. The van der Waals surface area contributed by atoms with E-state index in [0.29, 0.717) is 12.8 Å². The van der Waals surface area contributed by atoms with Crippen LogP contribution in [0.2, 0.25) is 0 Å². The van der Waals surface area contributed by atoms with E-state index < -0.39 is 5.41 Å².